The molecule has 0 bridgehead atoms. The van der Waals surface area contributed by atoms with Crippen molar-refractivity contribution in [1.29, 1.82) is 0 Å². The first kappa shape index (κ1) is 26.7. The average Bonchev–Trinajstić information content (AvgIpc) is 3.24. The summed E-state index contributed by atoms with van der Waals surface area (Å²) in [5, 5.41) is 10.6. The third-order valence-electron chi connectivity index (χ3n) is 5.28. The van der Waals surface area contributed by atoms with Gasteiger partial charge in [-0.15, -0.1) is 0 Å². The lowest BCUT2D eigenvalue weighted by Gasteiger charge is -2.25. The molecule has 3 rings (SSSR count). The van der Waals surface area contributed by atoms with E-state index in [-0.39, 0.29) is 5.41 Å². The summed E-state index contributed by atoms with van der Waals surface area (Å²) in [5.41, 5.74) is 6.99. The highest BCUT2D eigenvalue weighted by Crippen LogP contribution is 2.36. The molecule has 0 aliphatic carbocycles. The number of aromatic amines is 1. The number of carbonyl (C=O) groups excluding carboxylic acids is 1. The van der Waals surface area contributed by atoms with Gasteiger partial charge in [-0.25, -0.2) is 9.78 Å². The summed E-state index contributed by atoms with van der Waals surface area (Å²) < 4.78 is 5.52. The minimum Gasteiger partial charge on any atom is -0.444 e. The highest BCUT2D eigenvalue weighted by molar-refractivity contribution is 7.98. The van der Waals surface area contributed by atoms with Crippen LogP contribution in [0.25, 0.3) is 11.1 Å². The van der Waals surface area contributed by atoms with Gasteiger partial charge in [-0.3, -0.25) is 10.1 Å². The van der Waals surface area contributed by atoms with Crippen LogP contribution >= 0.6 is 11.8 Å². The van der Waals surface area contributed by atoms with E-state index in [1.807, 2.05) is 20.8 Å². The maximum absolute atomic E-state index is 12.6. The van der Waals surface area contributed by atoms with Crippen LogP contribution in [0, 0.1) is 19.3 Å². The van der Waals surface area contributed by atoms with Gasteiger partial charge < -0.3 is 10.1 Å². The number of alkyl carbamates (subject to hydrolysis) is 1. The molecule has 2 heterocycles. The maximum atomic E-state index is 12.6. The minimum absolute atomic E-state index is 0.0285. The van der Waals surface area contributed by atoms with E-state index >= 15 is 0 Å². The number of ether oxygens (including phenoxy) is 1. The number of aromatic nitrogens is 4. The number of nitrogens with zero attached hydrogens (tertiary/aromatic N) is 3. The van der Waals surface area contributed by atoms with Crippen LogP contribution in [-0.2, 0) is 23.5 Å². The lowest BCUT2D eigenvalue weighted by atomic mass is 9.85. The molecule has 0 aliphatic rings. The Labute approximate surface area is 212 Å². The molecular weight excluding hydrogens is 458 g/mol. The molecule has 8 heteroatoms. The van der Waals surface area contributed by atoms with Crippen molar-refractivity contribution in [3.8, 4) is 11.1 Å². The predicted molar refractivity (Wildman–Crippen MR) is 141 cm³/mol. The van der Waals surface area contributed by atoms with Crippen molar-refractivity contribution in [2.75, 3.05) is 0 Å². The fraction of sp³-hybridized carbons (Fsp3) is 0.481. The van der Waals surface area contributed by atoms with E-state index in [4.69, 9.17) is 9.72 Å². The first-order valence-corrected chi connectivity index (χ1v) is 12.8. The van der Waals surface area contributed by atoms with Crippen LogP contribution in [0.4, 0.5) is 4.79 Å². The number of H-pyrrole nitrogens is 1. The normalized spacial score (nSPS) is 12.0. The average molecular weight is 496 g/mol. The molecule has 1 amide bonds. The van der Waals surface area contributed by atoms with Gasteiger partial charge in [0.2, 0.25) is 0 Å². The Morgan fingerprint density at radius 3 is 2.31 bits per heavy atom. The van der Waals surface area contributed by atoms with Crippen LogP contribution in [-0.4, -0.2) is 31.9 Å². The summed E-state index contributed by atoms with van der Waals surface area (Å²) in [6.45, 7) is 16.7. The number of benzene rings is 1. The van der Waals surface area contributed by atoms with E-state index in [9.17, 15) is 4.79 Å². The highest BCUT2D eigenvalue weighted by Gasteiger charge is 2.24. The number of hydrogen-bond donors (Lipinski definition) is 2. The first-order valence-electron chi connectivity index (χ1n) is 11.9. The fourth-order valence-electron chi connectivity index (χ4n) is 3.81. The number of thioether (sulfide) groups is 1. The van der Waals surface area contributed by atoms with Gasteiger partial charge in [0.1, 0.15) is 11.9 Å². The molecule has 2 aromatic heterocycles. The second-order valence-electron chi connectivity index (χ2n) is 11.0. The molecule has 188 valence electrons. The molecule has 0 atom stereocenters. The largest absolute Gasteiger partial charge is 0.444 e. The van der Waals surface area contributed by atoms with Crippen molar-refractivity contribution in [2.45, 2.75) is 84.9 Å². The summed E-state index contributed by atoms with van der Waals surface area (Å²) >= 11 is 1.59. The Kier molecular flexibility index (Phi) is 8.26. The van der Waals surface area contributed by atoms with E-state index in [0.29, 0.717) is 12.3 Å². The summed E-state index contributed by atoms with van der Waals surface area (Å²) in [7, 11) is 0. The molecule has 0 saturated heterocycles. The smallest absolute Gasteiger partial charge is 0.407 e. The second kappa shape index (κ2) is 10.8. The van der Waals surface area contributed by atoms with Crippen molar-refractivity contribution in [3.63, 3.8) is 0 Å². The Bertz CT molecular complexity index is 1140. The Morgan fingerprint density at radius 1 is 1.06 bits per heavy atom. The summed E-state index contributed by atoms with van der Waals surface area (Å²) in [6.07, 6.45) is 1.86. The molecule has 0 radical (unpaired) electrons. The van der Waals surface area contributed by atoms with Gasteiger partial charge in [0.25, 0.3) is 0 Å². The van der Waals surface area contributed by atoms with Crippen molar-refractivity contribution in [1.82, 2.24) is 25.5 Å². The lowest BCUT2D eigenvalue weighted by molar-refractivity contribution is 0.0523. The summed E-state index contributed by atoms with van der Waals surface area (Å²) in [6, 6.07) is 8.52. The molecule has 3 aromatic rings. The number of nitrogens with one attached hydrogen (secondary N) is 2. The number of rotatable bonds is 7. The van der Waals surface area contributed by atoms with Crippen molar-refractivity contribution in [2.24, 2.45) is 5.41 Å². The molecule has 0 spiro atoms. The van der Waals surface area contributed by atoms with E-state index in [0.717, 1.165) is 45.2 Å². The molecule has 2 N–H and O–H groups in total. The monoisotopic (exact) mass is 495 g/mol. The number of amides is 1. The molecule has 0 aliphatic heterocycles. The Morgan fingerprint density at radius 2 is 1.74 bits per heavy atom. The molecule has 1 aromatic carbocycles. The zero-order valence-corrected chi connectivity index (χ0v) is 22.9. The minimum atomic E-state index is -0.567. The number of pyridine rings is 1. The maximum Gasteiger partial charge on any atom is 0.407 e. The quantitative estimate of drug-likeness (QED) is 0.369. The molecule has 0 unspecified atom stereocenters. The number of aryl methyl sites for hydroxylation is 2. The Balaban J connectivity index is 2.12. The SMILES string of the molecule is Cc1ccc(-c2c(CSc3ncn[nH]3)c(C)nc(CC(C)(C)C)c2CNC(=O)OC(C)(C)C)cc1. The van der Waals surface area contributed by atoms with Crippen molar-refractivity contribution >= 4 is 17.9 Å². The zero-order chi connectivity index (χ0) is 25.8. The van der Waals surface area contributed by atoms with Crippen molar-refractivity contribution < 1.29 is 9.53 Å². The third kappa shape index (κ3) is 7.82. The van der Waals surface area contributed by atoms with Gasteiger partial charge in [0, 0.05) is 29.2 Å². The van der Waals surface area contributed by atoms with Crippen LogP contribution in [0.5, 0.6) is 0 Å². The van der Waals surface area contributed by atoms with Crippen LogP contribution in [0.1, 0.15) is 69.6 Å². The molecule has 7 nitrogen and oxygen atoms in total. The van der Waals surface area contributed by atoms with Crippen molar-refractivity contribution in [3.05, 3.63) is 58.7 Å². The summed E-state index contributed by atoms with van der Waals surface area (Å²) in [5.74, 6) is 0.673. The predicted octanol–water partition coefficient (Wildman–Crippen LogP) is 6.39. The molecule has 0 fully saturated rings. The zero-order valence-electron chi connectivity index (χ0n) is 22.1. The standard InChI is InChI=1S/C27H37N5O2S/c1-17-9-11-19(12-10-17)23-20(14-28-25(33)34-27(6,7)8)22(13-26(3,4)5)31-18(2)21(23)15-35-24-29-16-30-32-24/h9-12,16H,13-15H2,1-8H3,(H,28,33)(H,29,30,32). The Hall–Kier alpha value is -2.87. The van der Waals surface area contributed by atoms with Crippen LogP contribution in [0.15, 0.2) is 35.7 Å². The highest BCUT2D eigenvalue weighted by atomic mass is 32.2. The van der Waals surface area contributed by atoms with E-state index in [2.05, 4.69) is 79.4 Å². The lowest BCUT2D eigenvalue weighted by Crippen LogP contribution is -2.33. The third-order valence-corrected chi connectivity index (χ3v) is 6.19. The van der Waals surface area contributed by atoms with Gasteiger partial charge in [-0.2, -0.15) is 5.10 Å². The molecule has 0 saturated carbocycles. The van der Waals surface area contributed by atoms with Gasteiger partial charge in [0.05, 0.1) is 0 Å². The second-order valence-corrected chi connectivity index (χ2v) is 12.0. The van der Waals surface area contributed by atoms with E-state index in [1.165, 1.54) is 11.9 Å². The van der Waals surface area contributed by atoms with E-state index in [1.54, 1.807) is 11.8 Å². The molecule has 35 heavy (non-hydrogen) atoms. The molecular formula is C27H37N5O2S. The van der Waals surface area contributed by atoms with Gasteiger partial charge >= 0.3 is 6.09 Å². The van der Waals surface area contributed by atoms with Crippen LogP contribution in [0.3, 0.4) is 0 Å². The van der Waals surface area contributed by atoms with Gasteiger partial charge in [-0.05, 0) is 63.1 Å². The van der Waals surface area contributed by atoms with E-state index < -0.39 is 11.7 Å². The fourth-order valence-corrected chi connectivity index (χ4v) is 4.68. The van der Waals surface area contributed by atoms with Gasteiger partial charge in [0.15, 0.2) is 5.16 Å². The first-order chi connectivity index (χ1) is 16.3. The number of hydrogen-bond acceptors (Lipinski definition) is 6. The number of carbonyl (C=O) groups is 1. The van der Waals surface area contributed by atoms with Crippen LogP contribution < -0.4 is 5.32 Å². The van der Waals surface area contributed by atoms with Crippen LogP contribution in [0.2, 0.25) is 0 Å². The summed E-state index contributed by atoms with van der Waals surface area (Å²) in [4.78, 5) is 21.9. The topological polar surface area (TPSA) is 92.8 Å². The van der Waals surface area contributed by atoms with Gasteiger partial charge in [-0.1, -0.05) is 62.4 Å².